The summed E-state index contributed by atoms with van der Waals surface area (Å²) in [5.41, 5.74) is 0.585. The average molecular weight is 566 g/mol. The molecule has 0 aliphatic carbocycles. The average Bonchev–Trinajstić information content (AvgIpc) is 3.11. The van der Waals surface area contributed by atoms with Crippen molar-refractivity contribution < 1.29 is 19.5 Å². The van der Waals surface area contributed by atoms with Crippen LogP contribution in [0.5, 0.6) is 0 Å². The first-order chi connectivity index (χ1) is 18.7. The van der Waals surface area contributed by atoms with E-state index in [0.717, 1.165) is 12.0 Å². The van der Waals surface area contributed by atoms with Crippen LogP contribution in [0.15, 0.2) is 54.6 Å². The van der Waals surface area contributed by atoms with E-state index in [1.165, 1.54) is 0 Å². The van der Waals surface area contributed by atoms with Gasteiger partial charge in [-0.3, -0.25) is 14.4 Å². The Morgan fingerprint density at radius 2 is 1.60 bits per heavy atom. The summed E-state index contributed by atoms with van der Waals surface area (Å²) in [6.45, 7) is 13.9. The van der Waals surface area contributed by atoms with Gasteiger partial charge in [0.1, 0.15) is 6.04 Å². The first-order valence-electron chi connectivity index (χ1n) is 14.4. The number of thioether (sulfide) groups is 1. The van der Waals surface area contributed by atoms with Crippen LogP contribution in [0.3, 0.4) is 0 Å². The second kappa shape index (κ2) is 10.1. The molecule has 1 unspecified atom stereocenters. The van der Waals surface area contributed by atoms with Crippen molar-refractivity contribution in [2.75, 3.05) is 26.2 Å². The lowest BCUT2D eigenvalue weighted by Gasteiger charge is -2.44. The molecule has 1 N–H and O–H groups in total. The fourth-order valence-electron chi connectivity index (χ4n) is 7.80. The summed E-state index contributed by atoms with van der Waals surface area (Å²) in [7, 11) is 0. The van der Waals surface area contributed by atoms with Gasteiger partial charge in [0.05, 0.1) is 23.2 Å². The van der Waals surface area contributed by atoms with Crippen LogP contribution < -0.4 is 0 Å². The SMILES string of the molecule is CC(C)(C)CC(C)(C)N1CC=C[C@]23S[C@]4(C)C=CCN(Cc5ccccc5)C(=O)[C@@H]4[C@H]2C(=O)N(CCO)C3C1=O. The number of hydrogen-bond acceptors (Lipinski definition) is 5. The van der Waals surface area contributed by atoms with E-state index in [1.807, 2.05) is 59.2 Å². The summed E-state index contributed by atoms with van der Waals surface area (Å²) < 4.78 is -1.54. The van der Waals surface area contributed by atoms with Crippen LogP contribution in [0.25, 0.3) is 0 Å². The van der Waals surface area contributed by atoms with Crippen LogP contribution in [0.4, 0.5) is 0 Å². The van der Waals surface area contributed by atoms with Gasteiger partial charge in [-0.1, -0.05) is 75.4 Å². The van der Waals surface area contributed by atoms with Crippen molar-refractivity contribution in [1.82, 2.24) is 14.7 Å². The second-order valence-electron chi connectivity index (χ2n) is 13.8. The van der Waals surface area contributed by atoms with Crippen molar-refractivity contribution in [1.29, 1.82) is 0 Å². The highest BCUT2D eigenvalue weighted by Crippen LogP contribution is 2.65. The molecule has 5 rings (SSSR count). The van der Waals surface area contributed by atoms with Crippen molar-refractivity contribution in [2.24, 2.45) is 17.3 Å². The van der Waals surface area contributed by atoms with Crippen molar-refractivity contribution in [2.45, 2.75) is 75.6 Å². The van der Waals surface area contributed by atoms with Crippen molar-refractivity contribution >= 4 is 29.5 Å². The lowest BCUT2D eigenvalue weighted by molar-refractivity contribution is -0.147. The first kappa shape index (κ1) is 28.9. The Labute approximate surface area is 242 Å². The number of amides is 3. The summed E-state index contributed by atoms with van der Waals surface area (Å²) >= 11 is 1.59. The molecule has 7 nitrogen and oxygen atoms in total. The third-order valence-electron chi connectivity index (χ3n) is 8.89. The molecule has 8 heteroatoms. The van der Waals surface area contributed by atoms with Crippen LogP contribution in [-0.4, -0.2) is 84.8 Å². The molecule has 3 amide bonds. The predicted molar refractivity (Wildman–Crippen MR) is 158 cm³/mol. The molecule has 0 saturated carbocycles. The highest BCUT2D eigenvalue weighted by Gasteiger charge is 2.74. The van der Waals surface area contributed by atoms with Crippen LogP contribution in [0.2, 0.25) is 0 Å². The first-order valence-corrected chi connectivity index (χ1v) is 15.2. The van der Waals surface area contributed by atoms with E-state index in [9.17, 15) is 19.5 Å². The zero-order valence-electron chi connectivity index (χ0n) is 24.6. The number of aliphatic hydroxyl groups is 1. The van der Waals surface area contributed by atoms with E-state index in [4.69, 9.17) is 0 Å². The molecule has 0 bridgehead atoms. The topological polar surface area (TPSA) is 81.2 Å². The van der Waals surface area contributed by atoms with E-state index >= 15 is 0 Å². The van der Waals surface area contributed by atoms with Gasteiger partial charge in [0.15, 0.2) is 0 Å². The van der Waals surface area contributed by atoms with E-state index in [1.54, 1.807) is 16.7 Å². The number of rotatable bonds is 6. The number of benzene rings is 1. The van der Waals surface area contributed by atoms with E-state index in [-0.39, 0.29) is 36.3 Å². The Balaban J connectivity index is 1.57. The number of nitrogens with zero attached hydrogens (tertiary/aromatic N) is 3. The normalized spacial score (nSPS) is 32.2. The number of carbonyl (C=O) groups excluding carboxylic acids is 3. The van der Waals surface area contributed by atoms with Crippen LogP contribution in [0, 0.1) is 17.3 Å². The van der Waals surface area contributed by atoms with Gasteiger partial charge >= 0.3 is 0 Å². The molecule has 1 spiro atoms. The Kier molecular flexibility index (Phi) is 7.27. The van der Waals surface area contributed by atoms with Crippen molar-refractivity contribution in [3.05, 3.63) is 60.2 Å². The maximum atomic E-state index is 14.6. The largest absolute Gasteiger partial charge is 0.395 e. The Morgan fingerprint density at radius 1 is 0.925 bits per heavy atom. The van der Waals surface area contributed by atoms with Gasteiger partial charge in [0, 0.05) is 36.5 Å². The number of β-amino-alcohol motifs (C(OH)–C–C–N with tert-alkyl or cyclic N) is 1. The minimum atomic E-state index is -0.898. The van der Waals surface area contributed by atoms with Gasteiger partial charge in [-0.05, 0) is 38.2 Å². The molecule has 216 valence electrons. The molecule has 4 aliphatic rings. The number of likely N-dealkylation sites (tertiary alicyclic amines) is 1. The molecular formula is C32H43N3O4S. The summed E-state index contributed by atoms with van der Waals surface area (Å²) in [4.78, 5) is 48.5. The predicted octanol–water partition coefficient (Wildman–Crippen LogP) is 3.88. The summed E-state index contributed by atoms with van der Waals surface area (Å²) in [5.74, 6) is -1.69. The molecule has 4 aliphatic heterocycles. The maximum Gasteiger partial charge on any atom is 0.247 e. The van der Waals surface area contributed by atoms with Gasteiger partial charge < -0.3 is 19.8 Å². The van der Waals surface area contributed by atoms with Gasteiger partial charge in [-0.2, -0.15) is 0 Å². The highest BCUT2D eigenvalue weighted by molar-refractivity contribution is 8.02. The molecule has 4 heterocycles. The van der Waals surface area contributed by atoms with Gasteiger partial charge in [-0.15, -0.1) is 11.8 Å². The fraction of sp³-hybridized carbons (Fsp3) is 0.594. The standard InChI is InChI=1S/C32H43N3O4S/c1-29(2,3)21-30(4,5)35-17-11-15-32-24(27(38)34(18-19-36)25(32)28(35)39)23-26(37)33(16-10-14-31(23,6)40-32)20-22-12-8-7-9-13-22/h7-15,23-25,36H,16-21H2,1-6H3/t23-,24-,25?,31+,32-/m0/s1. The third kappa shape index (κ3) is 4.71. The fourth-order valence-corrected chi connectivity index (χ4v) is 9.96. The quantitative estimate of drug-likeness (QED) is 0.530. The Morgan fingerprint density at radius 3 is 2.25 bits per heavy atom. The molecule has 40 heavy (non-hydrogen) atoms. The van der Waals surface area contributed by atoms with Crippen LogP contribution in [-0.2, 0) is 20.9 Å². The molecule has 1 aromatic rings. The lowest BCUT2D eigenvalue weighted by Crippen LogP contribution is -2.59. The molecule has 0 radical (unpaired) electrons. The number of carbonyl (C=O) groups is 3. The molecule has 2 fully saturated rings. The van der Waals surface area contributed by atoms with Crippen LogP contribution in [0.1, 0.15) is 53.5 Å². The minimum absolute atomic E-state index is 0.00148. The minimum Gasteiger partial charge on any atom is -0.395 e. The lowest BCUT2D eigenvalue weighted by atomic mass is 9.74. The van der Waals surface area contributed by atoms with Crippen LogP contribution >= 0.6 is 11.8 Å². The molecule has 1 aromatic carbocycles. The Hall–Kier alpha value is -2.58. The highest BCUT2D eigenvalue weighted by atomic mass is 32.2. The smallest absolute Gasteiger partial charge is 0.247 e. The van der Waals surface area contributed by atoms with E-state index < -0.39 is 32.9 Å². The second-order valence-corrected chi connectivity index (χ2v) is 15.6. The summed E-state index contributed by atoms with van der Waals surface area (Å²) in [5, 5.41) is 9.99. The molecule has 0 aromatic heterocycles. The number of hydrogen-bond donors (Lipinski definition) is 1. The van der Waals surface area contributed by atoms with Gasteiger partial charge in [0.25, 0.3) is 0 Å². The monoisotopic (exact) mass is 565 g/mol. The summed E-state index contributed by atoms with van der Waals surface area (Å²) in [6.07, 6.45) is 9.00. The summed E-state index contributed by atoms with van der Waals surface area (Å²) in [6, 6.07) is 9.11. The van der Waals surface area contributed by atoms with Gasteiger partial charge in [0.2, 0.25) is 17.7 Å². The molecule has 2 saturated heterocycles. The molecule has 5 atom stereocenters. The maximum absolute atomic E-state index is 14.6. The van der Waals surface area contributed by atoms with Gasteiger partial charge in [-0.25, -0.2) is 0 Å². The molecular weight excluding hydrogens is 522 g/mol. The third-order valence-corrected chi connectivity index (χ3v) is 10.7. The zero-order chi connectivity index (χ0) is 29.1. The van der Waals surface area contributed by atoms with E-state index in [2.05, 4.69) is 46.8 Å². The number of aliphatic hydroxyl groups excluding tert-OH is 1. The van der Waals surface area contributed by atoms with Crippen molar-refractivity contribution in [3.63, 3.8) is 0 Å². The zero-order valence-corrected chi connectivity index (χ0v) is 25.4. The number of fused-ring (bicyclic) bond motifs is 2. The van der Waals surface area contributed by atoms with Crippen molar-refractivity contribution in [3.8, 4) is 0 Å². The van der Waals surface area contributed by atoms with E-state index in [0.29, 0.717) is 19.6 Å². The Bertz CT molecular complexity index is 1240.